The SMILES string of the molecule is CCOC(=O)C(C(=O)OCC)=C(c1ccc(CBr)cc1)c1ccccc1Cl. The molecular weight excluding hydrogens is 432 g/mol. The first-order valence-corrected chi connectivity index (χ1v) is 10.0. The Morgan fingerprint density at radius 2 is 1.48 bits per heavy atom. The molecule has 0 radical (unpaired) electrons. The van der Waals surface area contributed by atoms with Gasteiger partial charge < -0.3 is 9.47 Å². The molecule has 0 fully saturated rings. The summed E-state index contributed by atoms with van der Waals surface area (Å²) >= 11 is 9.80. The molecule has 2 aromatic rings. The van der Waals surface area contributed by atoms with Gasteiger partial charge in [0.2, 0.25) is 0 Å². The summed E-state index contributed by atoms with van der Waals surface area (Å²) in [5, 5.41) is 1.12. The van der Waals surface area contributed by atoms with Crippen LogP contribution in [0.1, 0.15) is 30.5 Å². The largest absolute Gasteiger partial charge is 0.462 e. The standard InChI is InChI=1S/C21H20BrClO4/c1-3-26-20(24)19(21(25)27-4-2)18(16-7-5-6-8-17(16)23)15-11-9-14(13-22)10-12-15/h5-12H,3-4,13H2,1-2H3. The molecule has 0 aliphatic rings. The number of ether oxygens (including phenoxy) is 2. The highest BCUT2D eigenvalue weighted by molar-refractivity contribution is 9.08. The van der Waals surface area contributed by atoms with E-state index in [0.29, 0.717) is 27.1 Å². The average molecular weight is 452 g/mol. The number of esters is 2. The molecule has 142 valence electrons. The fourth-order valence-corrected chi connectivity index (χ4v) is 3.16. The van der Waals surface area contributed by atoms with Crippen molar-refractivity contribution in [3.63, 3.8) is 0 Å². The van der Waals surface area contributed by atoms with Crippen LogP contribution in [-0.4, -0.2) is 25.2 Å². The Balaban J connectivity index is 2.80. The van der Waals surface area contributed by atoms with Crippen LogP contribution in [0, 0.1) is 0 Å². The second-order valence-electron chi connectivity index (χ2n) is 5.50. The van der Waals surface area contributed by atoms with Crippen LogP contribution in [0.4, 0.5) is 0 Å². The van der Waals surface area contributed by atoms with E-state index in [2.05, 4.69) is 15.9 Å². The van der Waals surface area contributed by atoms with Crippen LogP contribution < -0.4 is 0 Å². The summed E-state index contributed by atoms with van der Waals surface area (Å²) in [6.07, 6.45) is 0. The van der Waals surface area contributed by atoms with Gasteiger partial charge in [-0.05, 0) is 31.0 Å². The molecule has 0 atom stereocenters. The molecule has 0 amide bonds. The van der Waals surface area contributed by atoms with Crippen LogP contribution in [0.25, 0.3) is 5.57 Å². The number of alkyl halides is 1. The van der Waals surface area contributed by atoms with Gasteiger partial charge in [0.25, 0.3) is 0 Å². The molecule has 2 aromatic carbocycles. The highest BCUT2D eigenvalue weighted by Crippen LogP contribution is 2.33. The average Bonchev–Trinajstić information content (AvgIpc) is 2.67. The first-order valence-electron chi connectivity index (χ1n) is 8.52. The maximum absolute atomic E-state index is 12.7. The van der Waals surface area contributed by atoms with Crippen LogP contribution in [-0.2, 0) is 24.4 Å². The lowest BCUT2D eigenvalue weighted by Crippen LogP contribution is -2.20. The van der Waals surface area contributed by atoms with Crippen LogP contribution in [0.3, 0.4) is 0 Å². The minimum absolute atomic E-state index is 0.139. The molecule has 0 spiro atoms. The lowest BCUT2D eigenvalue weighted by Gasteiger charge is -2.16. The van der Waals surface area contributed by atoms with Crippen molar-refractivity contribution in [3.05, 3.63) is 75.8 Å². The molecule has 0 aromatic heterocycles. The maximum atomic E-state index is 12.7. The molecular formula is C21H20BrClO4. The van der Waals surface area contributed by atoms with E-state index >= 15 is 0 Å². The zero-order valence-electron chi connectivity index (χ0n) is 15.1. The van der Waals surface area contributed by atoms with Crippen LogP contribution >= 0.6 is 27.5 Å². The monoisotopic (exact) mass is 450 g/mol. The molecule has 27 heavy (non-hydrogen) atoms. The van der Waals surface area contributed by atoms with E-state index in [9.17, 15) is 9.59 Å². The number of carbonyl (C=O) groups excluding carboxylic acids is 2. The van der Waals surface area contributed by atoms with Gasteiger partial charge in [-0.25, -0.2) is 9.59 Å². The Morgan fingerprint density at radius 1 is 0.926 bits per heavy atom. The first-order chi connectivity index (χ1) is 13.0. The molecule has 4 nitrogen and oxygen atoms in total. The number of halogens is 2. The third kappa shape index (κ3) is 5.21. The quantitative estimate of drug-likeness (QED) is 0.192. The summed E-state index contributed by atoms with van der Waals surface area (Å²) in [6, 6.07) is 14.5. The predicted molar refractivity (Wildman–Crippen MR) is 110 cm³/mol. The van der Waals surface area contributed by atoms with Crippen molar-refractivity contribution in [2.75, 3.05) is 13.2 Å². The zero-order valence-corrected chi connectivity index (χ0v) is 17.5. The molecule has 0 aliphatic heterocycles. The summed E-state index contributed by atoms with van der Waals surface area (Å²) in [7, 11) is 0. The summed E-state index contributed by atoms with van der Waals surface area (Å²) in [4.78, 5) is 25.3. The van der Waals surface area contributed by atoms with Crippen molar-refractivity contribution in [1.82, 2.24) is 0 Å². The van der Waals surface area contributed by atoms with E-state index in [1.165, 1.54) is 0 Å². The lowest BCUT2D eigenvalue weighted by molar-refractivity contribution is -0.146. The third-order valence-corrected chi connectivity index (χ3v) is 4.73. The van der Waals surface area contributed by atoms with E-state index in [1.54, 1.807) is 38.1 Å². The van der Waals surface area contributed by atoms with Gasteiger partial charge in [0.05, 0.1) is 13.2 Å². The normalized spacial score (nSPS) is 10.2. The predicted octanol–water partition coefficient (Wildman–Crippen LogP) is 5.16. The van der Waals surface area contributed by atoms with Crippen molar-refractivity contribution in [3.8, 4) is 0 Å². The smallest absolute Gasteiger partial charge is 0.346 e. The Bertz CT molecular complexity index is 824. The van der Waals surface area contributed by atoms with E-state index in [4.69, 9.17) is 21.1 Å². The van der Waals surface area contributed by atoms with E-state index in [0.717, 1.165) is 5.56 Å². The van der Waals surface area contributed by atoms with Crippen molar-refractivity contribution in [2.24, 2.45) is 0 Å². The summed E-state index contributed by atoms with van der Waals surface area (Å²) < 4.78 is 10.3. The van der Waals surface area contributed by atoms with Crippen molar-refractivity contribution in [1.29, 1.82) is 0 Å². The van der Waals surface area contributed by atoms with Crippen molar-refractivity contribution in [2.45, 2.75) is 19.2 Å². The molecule has 0 saturated carbocycles. The van der Waals surface area contributed by atoms with Gasteiger partial charge >= 0.3 is 11.9 Å². The first kappa shape index (κ1) is 21.2. The molecule has 0 bridgehead atoms. The fraction of sp³-hybridized carbons (Fsp3) is 0.238. The maximum Gasteiger partial charge on any atom is 0.346 e. The third-order valence-electron chi connectivity index (χ3n) is 3.75. The van der Waals surface area contributed by atoms with Crippen molar-refractivity contribution >= 4 is 45.0 Å². The molecule has 6 heteroatoms. The lowest BCUT2D eigenvalue weighted by atomic mass is 9.92. The highest BCUT2D eigenvalue weighted by Gasteiger charge is 2.28. The Kier molecular flexibility index (Phi) is 8.07. The number of rotatable bonds is 7. The second-order valence-corrected chi connectivity index (χ2v) is 6.47. The van der Waals surface area contributed by atoms with Gasteiger partial charge in [-0.1, -0.05) is 70.0 Å². The fourth-order valence-electron chi connectivity index (χ4n) is 2.55. The van der Waals surface area contributed by atoms with E-state index < -0.39 is 11.9 Å². The number of benzene rings is 2. The second kappa shape index (κ2) is 10.3. The van der Waals surface area contributed by atoms with Gasteiger partial charge in [-0.2, -0.15) is 0 Å². The topological polar surface area (TPSA) is 52.6 Å². The number of hydrogen-bond donors (Lipinski definition) is 0. The van der Waals surface area contributed by atoms with E-state index in [-0.39, 0.29) is 18.8 Å². The summed E-state index contributed by atoms with van der Waals surface area (Å²) in [5.41, 5.74) is 2.51. The Hall–Kier alpha value is -2.11. The molecule has 0 aliphatic carbocycles. The van der Waals surface area contributed by atoms with Gasteiger partial charge in [0.15, 0.2) is 5.57 Å². The minimum atomic E-state index is -0.740. The summed E-state index contributed by atoms with van der Waals surface area (Å²) in [5.74, 6) is -1.48. The molecule has 2 rings (SSSR count). The van der Waals surface area contributed by atoms with Gasteiger partial charge in [0.1, 0.15) is 0 Å². The van der Waals surface area contributed by atoms with Gasteiger partial charge in [0, 0.05) is 21.5 Å². The highest BCUT2D eigenvalue weighted by atomic mass is 79.9. The zero-order chi connectivity index (χ0) is 19.8. The van der Waals surface area contributed by atoms with Gasteiger partial charge in [-0.15, -0.1) is 0 Å². The van der Waals surface area contributed by atoms with Crippen LogP contribution in [0.15, 0.2) is 54.1 Å². The molecule has 0 heterocycles. The van der Waals surface area contributed by atoms with E-state index in [1.807, 2.05) is 24.3 Å². The summed E-state index contributed by atoms with van der Waals surface area (Å²) in [6.45, 7) is 3.64. The van der Waals surface area contributed by atoms with Crippen LogP contribution in [0.5, 0.6) is 0 Å². The van der Waals surface area contributed by atoms with Gasteiger partial charge in [-0.3, -0.25) is 0 Å². The van der Waals surface area contributed by atoms with Crippen LogP contribution in [0.2, 0.25) is 5.02 Å². The van der Waals surface area contributed by atoms with Crippen molar-refractivity contribution < 1.29 is 19.1 Å². The Morgan fingerprint density at radius 3 is 1.96 bits per heavy atom. The molecule has 0 saturated heterocycles. The molecule has 0 unspecified atom stereocenters. The minimum Gasteiger partial charge on any atom is -0.462 e. The number of carbonyl (C=O) groups is 2. The number of hydrogen-bond acceptors (Lipinski definition) is 4. The Labute approximate surface area is 172 Å². The molecule has 0 N–H and O–H groups in total.